The zero-order chi connectivity index (χ0) is 12.7. The minimum atomic E-state index is -0.738. The Labute approximate surface area is 115 Å². The Morgan fingerprint density at radius 1 is 1.50 bits per heavy atom. The number of halogens is 1. The summed E-state index contributed by atoms with van der Waals surface area (Å²) < 4.78 is 0. The molecule has 2 aliphatic rings. The molecule has 96 valence electrons. The number of aliphatic carboxylic acids is 1. The van der Waals surface area contributed by atoms with Crippen LogP contribution >= 0.6 is 23.4 Å². The van der Waals surface area contributed by atoms with Crippen LogP contribution in [0, 0.1) is 5.92 Å². The summed E-state index contributed by atoms with van der Waals surface area (Å²) in [5.41, 5.74) is 1.76. The smallest absolute Gasteiger partial charge is 0.311 e. The summed E-state index contributed by atoms with van der Waals surface area (Å²) in [7, 11) is 0. The van der Waals surface area contributed by atoms with Gasteiger partial charge < -0.3 is 10.4 Å². The van der Waals surface area contributed by atoms with Gasteiger partial charge in [-0.1, -0.05) is 11.6 Å². The Kier molecular flexibility index (Phi) is 3.16. The minimum Gasteiger partial charge on any atom is -0.481 e. The fraction of sp³-hybridized carbons (Fsp3) is 0.462. The number of rotatable bonds is 1. The van der Waals surface area contributed by atoms with E-state index in [4.69, 9.17) is 11.6 Å². The largest absolute Gasteiger partial charge is 0.481 e. The van der Waals surface area contributed by atoms with E-state index in [1.54, 1.807) is 6.07 Å². The van der Waals surface area contributed by atoms with Gasteiger partial charge in [-0.25, -0.2) is 0 Å². The van der Waals surface area contributed by atoms with E-state index in [1.165, 1.54) is 0 Å². The summed E-state index contributed by atoms with van der Waals surface area (Å²) in [5, 5.41) is 13.6. The van der Waals surface area contributed by atoms with Crippen molar-refractivity contribution < 1.29 is 9.90 Å². The molecule has 0 radical (unpaired) electrons. The molecular formula is C13H14ClNO2S. The maximum atomic E-state index is 11.6. The lowest BCUT2D eigenvalue weighted by Gasteiger charge is -2.41. The maximum Gasteiger partial charge on any atom is 0.311 e. The van der Waals surface area contributed by atoms with Crippen LogP contribution in [0.25, 0.3) is 0 Å². The van der Waals surface area contributed by atoms with Crippen molar-refractivity contribution >= 4 is 35.0 Å². The van der Waals surface area contributed by atoms with Crippen molar-refractivity contribution in [2.45, 2.75) is 18.4 Å². The SMILES string of the molecule is O=C(O)C1c2cc(Cl)ccc2NC2CCSCC21. The second-order valence-corrected chi connectivity index (χ2v) is 6.41. The number of hydrogen-bond acceptors (Lipinski definition) is 3. The predicted octanol–water partition coefficient (Wildman–Crippen LogP) is 3.06. The molecule has 1 aromatic rings. The van der Waals surface area contributed by atoms with Crippen LogP contribution in [0.15, 0.2) is 18.2 Å². The van der Waals surface area contributed by atoms with E-state index in [9.17, 15) is 9.90 Å². The Hall–Kier alpha value is -0.870. The van der Waals surface area contributed by atoms with E-state index >= 15 is 0 Å². The van der Waals surface area contributed by atoms with Crippen molar-refractivity contribution in [3.63, 3.8) is 0 Å². The second-order valence-electron chi connectivity index (χ2n) is 4.83. The minimum absolute atomic E-state index is 0.159. The Bertz CT molecular complexity index is 494. The highest BCUT2D eigenvalue weighted by atomic mass is 35.5. The molecule has 3 atom stereocenters. The number of carboxylic acids is 1. The first-order chi connectivity index (χ1) is 8.66. The molecule has 0 amide bonds. The van der Waals surface area contributed by atoms with E-state index in [2.05, 4.69) is 5.32 Å². The molecule has 2 aliphatic heterocycles. The van der Waals surface area contributed by atoms with E-state index in [-0.39, 0.29) is 12.0 Å². The summed E-state index contributed by atoms with van der Waals surface area (Å²) in [6.45, 7) is 0. The van der Waals surface area contributed by atoms with Gasteiger partial charge in [-0.2, -0.15) is 11.8 Å². The van der Waals surface area contributed by atoms with E-state index in [0.717, 1.165) is 29.2 Å². The molecule has 1 aromatic carbocycles. The standard InChI is InChI=1S/C13H14ClNO2S/c14-7-1-2-10-8(5-7)12(13(16)17)9-6-18-4-3-11(9)15-10/h1-2,5,9,11-12,15H,3-4,6H2,(H,16,17). The van der Waals surface area contributed by atoms with Gasteiger partial charge >= 0.3 is 5.97 Å². The van der Waals surface area contributed by atoms with Crippen LogP contribution in [-0.4, -0.2) is 28.6 Å². The van der Waals surface area contributed by atoms with Crippen LogP contribution in [0.1, 0.15) is 17.9 Å². The third-order valence-electron chi connectivity index (χ3n) is 3.78. The number of nitrogens with one attached hydrogen (secondary N) is 1. The zero-order valence-electron chi connectivity index (χ0n) is 9.73. The number of thioether (sulfide) groups is 1. The first-order valence-electron chi connectivity index (χ1n) is 6.03. The zero-order valence-corrected chi connectivity index (χ0v) is 11.3. The number of benzene rings is 1. The Morgan fingerprint density at radius 2 is 2.33 bits per heavy atom. The van der Waals surface area contributed by atoms with E-state index in [1.807, 2.05) is 23.9 Å². The number of fused-ring (bicyclic) bond motifs is 2. The van der Waals surface area contributed by atoms with Gasteiger partial charge in [0.2, 0.25) is 0 Å². The average Bonchev–Trinajstić information content (AvgIpc) is 2.35. The molecule has 2 heterocycles. The number of carboxylic acid groups (broad SMARTS) is 1. The van der Waals surface area contributed by atoms with Gasteiger partial charge in [0.15, 0.2) is 0 Å². The lowest BCUT2D eigenvalue weighted by atomic mass is 9.77. The molecule has 1 fully saturated rings. The molecule has 1 saturated heterocycles. The van der Waals surface area contributed by atoms with Gasteiger partial charge in [-0.05, 0) is 41.7 Å². The number of carbonyl (C=O) groups is 1. The summed E-state index contributed by atoms with van der Waals surface area (Å²) >= 11 is 7.84. The van der Waals surface area contributed by atoms with E-state index in [0.29, 0.717) is 5.02 Å². The Balaban J connectivity index is 2.07. The normalized spacial score (nSPS) is 29.9. The van der Waals surface area contributed by atoms with Crippen LogP contribution in [-0.2, 0) is 4.79 Å². The van der Waals surface area contributed by atoms with Gasteiger partial charge in [-0.3, -0.25) is 4.79 Å². The molecule has 0 aliphatic carbocycles. The monoisotopic (exact) mass is 283 g/mol. The molecule has 5 heteroatoms. The van der Waals surface area contributed by atoms with Crippen LogP contribution in [0.2, 0.25) is 5.02 Å². The fourth-order valence-corrected chi connectivity index (χ4v) is 4.40. The van der Waals surface area contributed by atoms with Gasteiger partial charge in [0.1, 0.15) is 0 Å². The van der Waals surface area contributed by atoms with E-state index < -0.39 is 11.9 Å². The van der Waals surface area contributed by atoms with Crippen molar-refractivity contribution in [1.29, 1.82) is 0 Å². The summed E-state index contributed by atoms with van der Waals surface area (Å²) in [6, 6.07) is 5.77. The molecule has 3 nitrogen and oxygen atoms in total. The number of hydrogen-bond donors (Lipinski definition) is 2. The topological polar surface area (TPSA) is 49.3 Å². The maximum absolute atomic E-state index is 11.6. The van der Waals surface area contributed by atoms with Crippen LogP contribution in [0.3, 0.4) is 0 Å². The molecule has 0 saturated carbocycles. The molecular weight excluding hydrogens is 270 g/mol. The van der Waals surface area contributed by atoms with Crippen LogP contribution < -0.4 is 5.32 Å². The first kappa shape index (κ1) is 12.2. The number of anilines is 1. The second kappa shape index (κ2) is 4.67. The van der Waals surface area contributed by atoms with Crippen molar-refractivity contribution in [3.8, 4) is 0 Å². The van der Waals surface area contributed by atoms with Crippen LogP contribution in [0.4, 0.5) is 5.69 Å². The van der Waals surface area contributed by atoms with Gasteiger partial charge in [0, 0.05) is 22.7 Å². The average molecular weight is 284 g/mol. The molecule has 3 rings (SSSR count). The van der Waals surface area contributed by atoms with Crippen molar-refractivity contribution in [3.05, 3.63) is 28.8 Å². The molecule has 0 aromatic heterocycles. The van der Waals surface area contributed by atoms with Crippen LogP contribution in [0.5, 0.6) is 0 Å². The third-order valence-corrected chi connectivity index (χ3v) is 5.16. The highest BCUT2D eigenvalue weighted by Gasteiger charge is 2.42. The fourth-order valence-electron chi connectivity index (χ4n) is 2.94. The van der Waals surface area contributed by atoms with Gasteiger partial charge in [0.05, 0.1) is 5.92 Å². The highest BCUT2D eigenvalue weighted by Crippen LogP contribution is 2.44. The summed E-state index contributed by atoms with van der Waals surface area (Å²) in [4.78, 5) is 11.6. The quantitative estimate of drug-likeness (QED) is 0.832. The lowest BCUT2D eigenvalue weighted by molar-refractivity contribution is -0.140. The molecule has 0 spiro atoms. The Morgan fingerprint density at radius 3 is 3.11 bits per heavy atom. The third kappa shape index (κ3) is 1.97. The van der Waals surface area contributed by atoms with Gasteiger partial charge in [-0.15, -0.1) is 0 Å². The first-order valence-corrected chi connectivity index (χ1v) is 7.56. The molecule has 3 unspecified atom stereocenters. The predicted molar refractivity (Wildman–Crippen MR) is 74.7 cm³/mol. The van der Waals surface area contributed by atoms with Crippen molar-refractivity contribution in [2.75, 3.05) is 16.8 Å². The van der Waals surface area contributed by atoms with Crippen molar-refractivity contribution in [2.24, 2.45) is 5.92 Å². The lowest BCUT2D eigenvalue weighted by Crippen LogP contribution is -2.44. The molecule has 2 N–H and O–H groups in total. The van der Waals surface area contributed by atoms with Crippen molar-refractivity contribution in [1.82, 2.24) is 0 Å². The summed E-state index contributed by atoms with van der Waals surface area (Å²) in [6.07, 6.45) is 1.03. The van der Waals surface area contributed by atoms with Gasteiger partial charge in [0.25, 0.3) is 0 Å². The highest BCUT2D eigenvalue weighted by molar-refractivity contribution is 7.99. The molecule has 0 bridgehead atoms. The molecule has 18 heavy (non-hydrogen) atoms. The summed E-state index contributed by atoms with van der Waals surface area (Å²) in [5.74, 6) is 0.992.